The predicted molar refractivity (Wildman–Crippen MR) is 74.6 cm³/mol. The number of carbonyl (C=O) groups is 2. The van der Waals surface area contributed by atoms with Gasteiger partial charge in [0.05, 0.1) is 0 Å². The van der Waals surface area contributed by atoms with Gasteiger partial charge in [-0.15, -0.1) is 0 Å². The Bertz CT molecular complexity index is 403. The highest BCUT2D eigenvalue weighted by Gasteiger charge is 2.30. The van der Waals surface area contributed by atoms with Crippen molar-refractivity contribution in [2.75, 3.05) is 13.1 Å². The normalized spacial score (nSPS) is 26.1. The van der Waals surface area contributed by atoms with Crippen LogP contribution in [-0.2, 0) is 9.59 Å². The van der Waals surface area contributed by atoms with Crippen LogP contribution >= 0.6 is 0 Å². The minimum atomic E-state index is -0.696. The fourth-order valence-corrected chi connectivity index (χ4v) is 2.94. The van der Waals surface area contributed by atoms with Gasteiger partial charge in [-0.05, 0) is 38.2 Å². The van der Waals surface area contributed by atoms with Crippen molar-refractivity contribution >= 4 is 11.8 Å². The highest BCUT2D eigenvalue weighted by molar-refractivity contribution is 5.95. The molecular formula is C15H23FN2O2. The van der Waals surface area contributed by atoms with E-state index in [-0.39, 0.29) is 11.8 Å². The van der Waals surface area contributed by atoms with Gasteiger partial charge in [0.1, 0.15) is 6.04 Å². The summed E-state index contributed by atoms with van der Waals surface area (Å²) in [6.07, 6.45) is 7.45. The second-order valence-corrected chi connectivity index (χ2v) is 5.73. The van der Waals surface area contributed by atoms with Crippen LogP contribution in [0.4, 0.5) is 4.39 Å². The zero-order valence-electron chi connectivity index (χ0n) is 12.0. The zero-order chi connectivity index (χ0) is 14.5. The summed E-state index contributed by atoms with van der Waals surface area (Å²) in [5, 5.41) is 2.72. The van der Waals surface area contributed by atoms with Crippen LogP contribution in [0.3, 0.4) is 0 Å². The number of rotatable bonds is 2. The van der Waals surface area contributed by atoms with Crippen molar-refractivity contribution in [2.45, 2.75) is 51.5 Å². The van der Waals surface area contributed by atoms with Crippen molar-refractivity contribution < 1.29 is 14.0 Å². The summed E-state index contributed by atoms with van der Waals surface area (Å²) in [5.74, 6) is -1.37. The van der Waals surface area contributed by atoms with Crippen LogP contribution in [0.5, 0.6) is 0 Å². The maximum absolute atomic E-state index is 14.1. The van der Waals surface area contributed by atoms with Gasteiger partial charge in [0.15, 0.2) is 5.83 Å². The Balaban J connectivity index is 2.04. The van der Waals surface area contributed by atoms with Gasteiger partial charge < -0.3 is 10.2 Å². The van der Waals surface area contributed by atoms with Crippen LogP contribution < -0.4 is 5.32 Å². The fourth-order valence-electron chi connectivity index (χ4n) is 2.94. The highest BCUT2D eigenvalue weighted by Crippen LogP contribution is 2.26. The van der Waals surface area contributed by atoms with E-state index < -0.39 is 17.8 Å². The topological polar surface area (TPSA) is 49.4 Å². The first kappa shape index (κ1) is 15.0. The summed E-state index contributed by atoms with van der Waals surface area (Å²) in [4.78, 5) is 25.2. The molecule has 2 rings (SSSR count). The number of allylic oxidation sites excluding steroid dienone is 1. The highest BCUT2D eigenvalue weighted by atomic mass is 19.1. The van der Waals surface area contributed by atoms with Crippen LogP contribution in [0, 0.1) is 5.92 Å². The quantitative estimate of drug-likeness (QED) is 0.789. The summed E-state index contributed by atoms with van der Waals surface area (Å²) < 4.78 is 14.1. The fraction of sp³-hybridized carbons (Fsp3) is 0.733. The lowest BCUT2D eigenvalue weighted by Crippen LogP contribution is -2.45. The minimum absolute atomic E-state index is 0.170. The van der Waals surface area contributed by atoms with E-state index in [0.29, 0.717) is 19.5 Å². The van der Waals surface area contributed by atoms with Gasteiger partial charge >= 0.3 is 0 Å². The molecule has 1 saturated heterocycles. The molecule has 0 aromatic carbocycles. The number of hydrogen-bond donors (Lipinski definition) is 1. The minimum Gasteiger partial charge on any atom is -0.354 e. The number of hydrogen-bond acceptors (Lipinski definition) is 2. The summed E-state index contributed by atoms with van der Waals surface area (Å²) in [6.45, 7) is 2.61. The van der Waals surface area contributed by atoms with E-state index in [4.69, 9.17) is 0 Å². The predicted octanol–water partition coefficient (Wildman–Crippen LogP) is 2.16. The van der Waals surface area contributed by atoms with Gasteiger partial charge in [-0.1, -0.05) is 19.3 Å². The van der Waals surface area contributed by atoms with Crippen molar-refractivity contribution in [3.05, 3.63) is 11.9 Å². The molecule has 0 unspecified atom stereocenters. The lowest BCUT2D eigenvalue weighted by atomic mass is 9.89. The first-order valence-corrected chi connectivity index (χ1v) is 7.55. The lowest BCUT2D eigenvalue weighted by molar-refractivity contribution is -0.137. The van der Waals surface area contributed by atoms with E-state index in [1.54, 1.807) is 6.92 Å². The smallest absolute Gasteiger partial charge is 0.282 e. The van der Waals surface area contributed by atoms with Gasteiger partial charge in [-0.25, -0.2) is 4.39 Å². The molecule has 4 nitrogen and oxygen atoms in total. The van der Waals surface area contributed by atoms with Crippen LogP contribution in [0.1, 0.15) is 45.4 Å². The second-order valence-electron chi connectivity index (χ2n) is 5.73. The zero-order valence-corrected chi connectivity index (χ0v) is 12.0. The molecule has 0 radical (unpaired) electrons. The molecule has 1 N–H and O–H groups in total. The van der Waals surface area contributed by atoms with E-state index in [1.807, 2.05) is 0 Å². The molecule has 112 valence electrons. The molecular weight excluding hydrogens is 259 g/mol. The Hall–Kier alpha value is -1.39. The Morgan fingerprint density at radius 3 is 2.70 bits per heavy atom. The van der Waals surface area contributed by atoms with Crippen molar-refractivity contribution in [2.24, 2.45) is 5.92 Å². The maximum Gasteiger partial charge on any atom is 0.282 e. The Labute approximate surface area is 119 Å². The number of carbonyl (C=O) groups excluding carboxylic acids is 2. The molecule has 2 amide bonds. The monoisotopic (exact) mass is 282 g/mol. The second kappa shape index (κ2) is 6.86. The maximum atomic E-state index is 14.1. The third-order valence-electron chi connectivity index (χ3n) is 4.22. The van der Waals surface area contributed by atoms with Crippen molar-refractivity contribution in [1.29, 1.82) is 0 Å². The van der Waals surface area contributed by atoms with Gasteiger partial charge in [0.25, 0.3) is 5.91 Å². The Morgan fingerprint density at radius 1 is 1.30 bits per heavy atom. The van der Waals surface area contributed by atoms with Crippen LogP contribution in [-0.4, -0.2) is 35.8 Å². The average Bonchev–Trinajstić information content (AvgIpc) is 2.62. The summed E-state index contributed by atoms with van der Waals surface area (Å²) >= 11 is 0. The molecule has 2 aliphatic rings. The van der Waals surface area contributed by atoms with Crippen LogP contribution in [0.25, 0.3) is 0 Å². The van der Waals surface area contributed by atoms with Gasteiger partial charge in [-0.2, -0.15) is 0 Å². The molecule has 0 bridgehead atoms. The first-order valence-electron chi connectivity index (χ1n) is 7.55. The van der Waals surface area contributed by atoms with Crippen molar-refractivity contribution in [3.8, 4) is 0 Å². The third kappa shape index (κ3) is 3.58. The molecule has 2 fully saturated rings. The average molecular weight is 282 g/mol. The molecule has 1 aliphatic carbocycles. The molecule has 20 heavy (non-hydrogen) atoms. The van der Waals surface area contributed by atoms with E-state index >= 15 is 0 Å². The number of nitrogens with zero attached hydrogens (tertiary/aromatic N) is 1. The number of nitrogens with one attached hydrogen (secondary N) is 1. The van der Waals surface area contributed by atoms with E-state index in [2.05, 4.69) is 5.32 Å². The van der Waals surface area contributed by atoms with E-state index in [0.717, 1.165) is 25.7 Å². The molecule has 1 aliphatic heterocycles. The van der Waals surface area contributed by atoms with E-state index in [1.165, 1.54) is 17.4 Å². The molecule has 0 aromatic rings. The first-order chi connectivity index (χ1) is 9.59. The molecule has 0 aromatic heterocycles. The van der Waals surface area contributed by atoms with Gasteiger partial charge in [0.2, 0.25) is 5.91 Å². The van der Waals surface area contributed by atoms with Gasteiger partial charge in [0, 0.05) is 13.1 Å². The van der Waals surface area contributed by atoms with Crippen LogP contribution in [0.15, 0.2) is 11.9 Å². The molecule has 5 heteroatoms. The molecule has 1 atom stereocenters. The summed E-state index contributed by atoms with van der Waals surface area (Å²) in [7, 11) is 0. The third-order valence-corrected chi connectivity index (χ3v) is 4.22. The molecule has 0 spiro atoms. The standard InChI is InChI=1S/C15H23FN2O2/c1-11-14(19)17-8-5-9-18(11)15(20)13(16)10-12-6-3-2-4-7-12/h10-12H,2-9H2,1H3,(H,17,19)/b13-10-/t11-/m0/s1. The largest absolute Gasteiger partial charge is 0.354 e. The van der Waals surface area contributed by atoms with E-state index in [9.17, 15) is 14.0 Å². The molecule has 1 heterocycles. The number of halogens is 1. The van der Waals surface area contributed by atoms with Crippen LogP contribution in [0.2, 0.25) is 0 Å². The van der Waals surface area contributed by atoms with Crippen molar-refractivity contribution in [1.82, 2.24) is 10.2 Å². The SMILES string of the molecule is C[C@H]1C(=O)NCCCN1C(=O)/C(F)=C/C1CCCCC1. The summed E-state index contributed by atoms with van der Waals surface area (Å²) in [6, 6.07) is -0.601. The summed E-state index contributed by atoms with van der Waals surface area (Å²) in [5.41, 5.74) is 0. The molecule has 1 saturated carbocycles. The van der Waals surface area contributed by atoms with Crippen molar-refractivity contribution in [3.63, 3.8) is 0 Å². The number of amides is 2. The lowest BCUT2D eigenvalue weighted by Gasteiger charge is -2.25. The van der Waals surface area contributed by atoms with Gasteiger partial charge in [-0.3, -0.25) is 9.59 Å². The Kier molecular flexibility index (Phi) is 5.15. The Morgan fingerprint density at radius 2 is 2.00 bits per heavy atom.